The highest BCUT2D eigenvalue weighted by molar-refractivity contribution is 6.22. The lowest BCUT2D eigenvalue weighted by Gasteiger charge is -2.17. The van der Waals surface area contributed by atoms with Crippen LogP contribution in [0, 0.1) is 11.8 Å². The Morgan fingerprint density at radius 1 is 1.02 bits per heavy atom. The molecule has 5 aliphatic heterocycles. The Balaban J connectivity index is 1.61. The van der Waals surface area contributed by atoms with Gasteiger partial charge in [-0.05, 0) is 81.1 Å². The molecule has 1 aliphatic carbocycles. The second-order valence-electron chi connectivity index (χ2n) is 11.7. The van der Waals surface area contributed by atoms with E-state index in [1.54, 1.807) is 6.92 Å². The van der Waals surface area contributed by atoms with Crippen LogP contribution in [-0.4, -0.2) is 41.1 Å². The van der Waals surface area contributed by atoms with Crippen molar-refractivity contribution in [2.24, 2.45) is 26.8 Å². The van der Waals surface area contributed by atoms with E-state index in [0.29, 0.717) is 35.5 Å². The summed E-state index contributed by atoms with van der Waals surface area (Å²) < 4.78 is 4.96. The summed E-state index contributed by atoms with van der Waals surface area (Å²) in [6.07, 6.45) is 8.01. The number of aliphatic hydroxyl groups excluding tert-OH is 1. The van der Waals surface area contributed by atoms with E-state index in [2.05, 4.69) is 32.2 Å². The molecule has 1 saturated heterocycles. The molecule has 2 atom stereocenters. The largest absolute Gasteiger partial charge is 0.511 e. The van der Waals surface area contributed by atoms with Gasteiger partial charge in [-0.3, -0.25) is 9.59 Å². The third-order valence-corrected chi connectivity index (χ3v) is 9.29. The zero-order valence-electron chi connectivity index (χ0n) is 25.2. The van der Waals surface area contributed by atoms with Crippen LogP contribution in [0.5, 0.6) is 0 Å². The number of allylic oxidation sites excluding steroid dienone is 12. The molecule has 5 heterocycles. The average molecular weight is 565 g/mol. The molecule has 0 radical (unpaired) electrons. The van der Waals surface area contributed by atoms with Crippen LogP contribution in [-0.2, 0) is 14.3 Å². The van der Waals surface area contributed by atoms with Crippen LogP contribution >= 0.6 is 0 Å². The SMILES string of the molecule is CCC1=C(C)C2=NC1=CC1=NC(=CC3=C(C)C4=C(O)CC(=C5NC(=C2)[C@@H](C)[C@@H]5CCC(=O)OC)C4=N3)C(C(C)=O)=C1C. The van der Waals surface area contributed by atoms with Crippen LogP contribution in [0.2, 0.25) is 0 Å². The van der Waals surface area contributed by atoms with Crippen LogP contribution in [0.4, 0.5) is 0 Å². The number of carbonyl (C=O) groups excluding carboxylic acids is 2. The van der Waals surface area contributed by atoms with Crippen molar-refractivity contribution < 1.29 is 19.4 Å². The first-order chi connectivity index (χ1) is 20.0. The molecule has 8 nitrogen and oxygen atoms in total. The van der Waals surface area contributed by atoms with Crippen LogP contribution in [0.3, 0.4) is 0 Å². The second-order valence-corrected chi connectivity index (χ2v) is 11.7. The van der Waals surface area contributed by atoms with Crippen LogP contribution < -0.4 is 5.32 Å². The molecular formula is C34H36N4O4. The normalized spacial score (nSPS) is 24.6. The molecule has 0 amide bonds. The van der Waals surface area contributed by atoms with Gasteiger partial charge >= 0.3 is 5.97 Å². The third kappa shape index (κ3) is 4.23. The molecule has 216 valence electrons. The number of aliphatic hydroxyl groups is 1. The van der Waals surface area contributed by atoms with Crippen LogP contribution in [0.25, 0.3) is 0 Å². The molecule has 8 heteroatoms. The summed E-state index contributed by atoms with van der Waals surface area (Å²) in [6, 6.07) is 0. The molecule has 1 fully saturated rings. The number of methoxy groups -OCH3 is 1. The number of hydrogen-bond acceptors (Lipinski definition) is 8. The maximum absolute atomic E-state index is 12.8. The van der Waals surface area contributed by atoms with E-state index in [-0.39, 0.29) is 35.8 Å². The molecule has 6 aliphatic rings. The van der Waals surface area contributed by atoms with Crippen molar-refractivity contribution in [3.63, 3.8) is 0 Å². The Labute approximate surface area is 246 Å². The van der Waals surface area contributed by atoms with E-state index in [0.717, 1.165) is 68.4 Å². The lowest BCUT2D eigenvalue weighted by atomic mass is 9.86. The summed E-state index contributed by atoms with van der Waals surface area (Å²) in [5, 5.41) is 14.9. The van der Waals surface area contributed by atoms with Gasteiger partial charge in [0.1, 0.15) is 5.76 Å². The van der Waals surface area contributed by atoms with Gasteiger partial charge in [0.05, 0.1) is 41.3 Å². The number of nitrogens with zero attached hydrogens (tertiary/aromatic N) is 3. The van der Waals surface area contributed by atoms with Crippen molar-refractivity contribution in [3.05, 3.63) is 91.5 Å². The molecular weight excluding hydrogens is 528 g/mol. The van der Waals surface area contributed by atoms with Crippen molar-refractivity contribution in [1.82, 2.24) is 5.32 Å². The van der Waals surface area contributed by atoms with E-state index >= 15 is 0 Å². The summed E-state index contributed by atoms with van der Waals surface area (Å²) in [5.74, 6) is 0.0444. The Morgan fingerprint density at radius 2 is 1.74 bits per heavy atom. The van der Waals surface area contributed by atoms with Crippen LogP contribution in [0.1, 0.15) is 67.2 Å². The van der Waals surface area contributed by atoms with E-state index < -0.39 is 0 Å². The lowest BCUT2D eigenvalue weighted by molar-refractivity contribution is -0.140. The fourth-order valence-electron chi connectivity index (χ4n) is 6.92. The first-order valence-corrected chi connectivity index (χ1v) is 14.6. The predicted octanol–water partition coefficient (Wildman–Crippen LogP) is 6.20. The van der Waals surface area contributed by atoms with Crippen molar-refractivity contribution >= 4 is 28.9 Å². The number of rotatable bonds is 5. The molecule has 6 rings (SSSR count). The van der Waals surface area contributed by atoms with Crippen molar-refractivity contribution in [2.75, 3.05) is 7.11 Å². The van der Waals surface area contributed by atoms with Gasteiger partial charge in [0.2, 0.25) is 0 Å². The summed E-state index contributed by atoms with van der Waals surface area (Å²) in [5.41, 5.74) is 12.6. The van der Waals surface area contributed by atoms with Gasteiger partial charge in [-0.2, -0.15) is 0 Å². The van der Waals surface area contributed by atoms with Gasteiger partial charge in [-0.1, -0.05) is 13.8 Å². The Morgan fingerprint density at radius 3 is 2.43 bits per heavy atom. The second kappa shape index (κ2) is 10.2. The van der Waals surface area contributed by atoms with Crippen molar-refractivity contribution in [3.8, 4) is 0 Å². The van der Waals surface area contributed by atoms with Gasteiger partial charge in [-0.25, -0.2) is 15.0 Å². The van der Waals surface area contributed by atoms with Crippen LogP contribution in [0.15, 0.2) is 106 Å². The summed E-state index contributed by atoms with van der Waals surface area (Å²) >= 11 is 0. The highest BCUT2D eigenvalue weighted by atomic mass is 16.5. The van der Waals surface area contributed by atoms with E-state index in [1.807, 2.05) is 26.0 Å². The van der Waals surface area contributed by atoms with Gasteiger partial charge in [0.15, 0.2) is 5.78 Å². The van der Waals surface area contributed by atoms with Crippen molar-refractivity contribution in [1.29, 1.82) is 0 Å². The first-order valence-electron chi connectivity index (χ1n) is 14.6. The summed E-state index contributed by atoms with van der Waals surface area (Å²) in [7, 11) is 1.41. The Bertz CT molecular complexity index is 1730. The number of fused-ring (bicyclic) bond motifs is 5. The van der Waals surface area contributed by atoms with E-state index in [1.165, 1.54) is 7.11 Å². The Hall–Kier alpha value is -4.33. The number of ether oxygens (including phenoxy) is 1. The van der Waals surface area contributed by atoms with Gasteiger partial charge in [-0.15, -0.1) is 0 Å². The molecule has 0 aromatic heterocycles. The predicted molar refractivity (Wildman–Crippen MR) is 164 cm³/mol. The van der Waals surface area contributed by atoms with E-state index in [4.69, 9.17) is 19.7 Å². The highest BCUT2D eigenvalue weighted by Crippen LogP contribution is 2.46. The fraction of sp³-hybridized carbons (Fsp3) is 0.382. The number of aliphatic imine (C=N–C) groups is 3. The maximum atomic E-state index is 12.8. The smallest absolute Gasteiger partial charge is 0.305 e. The van der Waals surface area contributed by atoms with Gasteiger partial charge in [0.25, 0.3) is 0 Å². The monoisotopic (exact) mass is 564 g/mol. The molecule has 0 aromatic rings. The zero-order chi connectivity index (χ0) is 30.0. The zero-order valence-corrected chi connectivity index (χ0v) is 25.2. The molecule has 0 unspecified atom stereocenters. The number of hydrogen-bond donors (Lipinski definition) is 2. The minimum Gasteiger partial charge on any atom is -0.511 e. The van der Waals surface area contributed by atoms with Gasteiger partial charge < -0.3 is 15.2 Å². The topological polar surface area (TPSA) is 113 Å². The number of Topliss-reactive ketones (excluding diaryl/α,β-unsaturated/α-hetero) is 1. The lowest BCUT2D eigenvalue weighted by Crippen LogP contribution is -2.16. The summed E-state index contributed by atoms with van der Waals surface area (Å²) in [6.45, 7) is 11.8. The maximum Gasteiger partial charge on any atom is 0.305 e. The number of ketones is 1. The molecule has 2 N–H and O–H groups in total. The number of esters is 1. The third-order valence-electron chi connectivity index (χ3n) is 9.29. The number of nitrogens with one attached hydrogen (secondary N) is 1. The Kier molecular flexibility index (Phi) is 6.75. The fourth-order valence-corrected chi connectivity index (χ4v) is 6.92. The molecule has 0 spiro atoms. The number of carbonyl (C=O) groups is 2. The minimum absolute atomic E-state index is 0.00186. The molecule has 0 aromatic carbocycles. The summed E-state index contributed by atoms with van der Waals surface area (Å²) in [4.78, 5) is 40.0. The standard InChI is InChI=1S/C34H36N4O4/c1-8-20-15(2)23-12-24-16(3)21(9-10-30(41)42-7)33(37-24)22-11-29(40)32-18(5)26(38-34(22)32)14-28-31(19(6)39)17(4)25(36-28)13-27(20)35-23/h12-14,16,21,37,40H,8-11H2,1-7H3/t16-,21-/m0/s1. The average Bonchev–Trinajstić information content (AvgIpc) is 3.70. The van der Waals surface area contributed by atoms with Crippen molar-refractivity contribution in [2.45, 2.75) is 67.2 Å². The molecule has 0 saturated carbocycles. The quantitative estimate of drug-likeness (QED) is 0.386. The molecule has 8 bridgehead atoms. The van der Waals surface area contributed by atoms with Gasteiger partial charge in [0, 0.05) is 52.8 Å². The highest BCUT2D eigenvalue weighted by Gasteiger charge is 2.41. The minimum atomic E-state index is -0.248. The molecule has 42 heavy (non-hydrogen) atoms. The van der Waals surface area contributed by atoms with E-state index in [9.17, 15) is 14.7 Å². The first kappa shape index (κ1) is 27.8.